The number of hydrogen-bond acceptors (Lipinski definition) is 0. The highest BCUT2D eigenvalue weighted by Crippen LogP contribution is 2.48. The number of hydrogen-bond donors (Lipinski definition) is 0. The smallest absolute Gasteiger partial charge is 0.142 e. The van der Waals surface area contributed by atoms with Crippen LogP contribution < -0.4 is 0 Å². The molecular weight excluding hydrogens is 422 g/mol. The molecule has 0 radical (unpaired) electrons. The maximum atomic E-state index is 14.9. The number of benzene rings is 2. The molecule has 34 heavy (non-hydrogen) atoms. The van der Waals surface area contributed by atoms with Gasteiger partial charge in [0.05, 0.1) is 5.56 Å². The molecule has 0 nitrogen and oxygen atoms in total. The Labute approximate surface area is 205 Å². The van der Waals surface area contributed by atoms with Crippen molar-refractivity contribution in [3.8, 4) is 11.8 Å². The van der Waals surface area contributed by atoms with Crippen LogP contribution in [0.1, 0.15) is 112 Å². The fourth-order valence-corrected chi connectivity index (χ4v) is 6.31. The number of unbranched alkanes of at least 4 members (excludes halogenated alkanes) is 4. The first-order chi connectivity index (χ1) is 16.5. The molecule has 0 amide bonds. The number of fused-ring (bicyclic) bond motifs is 1. The number of halogens is 2. The predicted molar refractivity (Wildman–Crippen MR) is 138 cm³/mol. The van der Waals surface area contributed by atoms with Gasteiger partial charge in [-0.3, -0.25) is 0 Å². The van der Waals surface area contributed by atoms with Gasteiger partial charge in [-0.1, -0.05) is 81.4 Å². The lowest BCUT2D eigenvalue weighted by Gasteiger charge is -2.42. The summed E-state index contributed by atoms with van der Waals surface area (Å²) in [6, 6.07) is 10.8. The quantitative estimate of drug-likeness (QED) is 0.284. The lowest BCUT2D eigenvalue weighted by molar-refractivity contribution is 0.113. The predicted octanol–water partition coefficient (Wildman–Crippen LogP) is 9.33. The maximum Gasteiger partial charge on any atom is 0.142 e. The number of rotatable bonds is 7. The van der Waals surface area contributed by atoms with Gasteiger partial charge in [-0.15, -0.1) is 0 Å². The Balaban J connectivity index is 1.34. The fourth-order valence-electron chi connectivity index (χ4n) is 6.31. The minimum absolute atomic E-state index is 0.113. The van der Waals surface area contributed by atoms with Crippen LogP contribution in [0.15, 0.2) is 36.4 Å². The normalized spacial score (nSPS) is 24.2. The van der Waals surface area contributed by atoms with Crippen molar-refractivity contribution in [2.75, 3.05) is 0 Å². The van der Waals surface area contributed by atoms with Crippen LogP contribution >= 0.6 is 0 Å². The van der Waals surface area contributed by atoms with E-state index in [-0.39, 0.29) is 11.5 Å². The Hall–Kier alpha value is -2.14. The maximum absolute atomic E-state index is 14.9. The second-order valence-electron chi connectivity index (χ2n) is 10.9. The first kappa shape index (κ1) is 25.0. The summed E-state index contributed by atoms with van der Waals surface area (Å²) in [5, 5.41) is 0. The van der Waals surface area contributed by atoms with Gasteiger partial charge in [0, 0.05) is 5.56 Å². The average Bonchev–Trinajstić information content (AvgIpc) is 2.84. The largest absolute Gasteiger partial charge is 0.206 e. The third kappa shape index (κ3) is 6.50. The molecule has 0 spiro atoms. The van der Waals surface area contributed by atoms with Gasteiger partial charge in [-0.05, 0) is 92.5 Å². The van der Waals surface area contributed by atoms with E-state index in [0.717, 1.165) is 47.3 Å². The third-order valence-corrected chi connectivity index (χ3v) is 8.36. The molecular formula is C32H40F2. The molecule has 2 fully saturated rings. The lowest BCUT2D eigenvalue weighted by Crippen LogP contribution is -2.30. The molecule has 4 rings (SSSR count). The summed E-state index contributed by atoms with van der Waals surface area (Å²) in [5.41, 5.74) is 2.62. The van der Waals surface area contributed by atoms with E-state index in [9.17, 15) is 8.78 Å². The second kappa shape index (κ2) is 12.0. The van der Waals surface area contributed by atoms with Gasteiger partial charge in [0.1, 0.15) is 11.6 Å². The topological polar surface area (TPSA) is 0 Å². The highest BCUT2D eigenvalue weighted by atomic mass is 19.1. The van der Waals surface area contributed by atoms with Crippen LogP contribution in [0.5, 0.6) is 0 Å². The molecule has 0 aromatic heterocycles. The molecule has 0 heterocycles. The summed E-state index contributed by atoms with van der Waals surface area (Å²) >= 11 is 0. The minimum Gasteiger partial charge on any atom is -0.206 e. The molecule has 182 valence electrons. The standard InChI is InChI=1S/C32H40F2/c1-3-4-5-6-7-8-25-13-15-27-20-28(17-16-26(27)19-25)29-21-31(33)30(32(34)22-29)18-14-24-11-9-23(2)10-12-24/h9-12,21-22,25-28H,3-8,13,15-17,19-20H2,1-2H3/t25?,26-,27-,28-/m1/s1. The van der Waals surface area contributed by atoms with Crippen LogP contribution in [-0.4, -0.2) is 0 Å². The molecule has 2 aliphatic carbocycles. The molecule has 2 saturated carbocycles. The SMILES string of the molecule is CCCCCCCC1CC[C@@H]2C[C@H](c3cc(F)c(C#Cc4ccc(C)cc4)c(F)c3)CC[C@@H]2C1. The van der Waals surface area contributed by atoms with Crippen LogP contribution in [0.4, 0.5) is 8.78 Å². The van der Waals surface area contributed by atoms with Crippen LogP contribution in [0.25, 0.3) is 0 Å². The van der Waals surface area contributed by atoms with Crippen LogP contribution in [0, 0.1) is 48.2 Å². The van der Waals surface area contributed by atoms with Gasteiger partial charge in [0.25, 0.3) is 0 Å². The summed E-state index contributed by atoms with van der Waals surface area (Å²) in [4.78, 5) is 0. The first-order valence-electron chi connectivity index (χ1n) is 13.6. The minimum atomic E-state index is -0.525. The molecule has 2 aromatic carbocycles. The van der Waals surface area contributed by atoms with E-state index in [1.165, 1.54) is 64.2 Å². The molecule has 0 bridgehead atoms. The highest BCUT2D eigenvalue weighted by molar-refractivity contribution is 5.46. The molecule has 0 aliphatic heterocycles. The van der Waals surface area contributed by atoms with Crippen molar-refractivity contribution in [3.05, 3.63) is 70.3 Å². The van der Waals surface area contributed by atoms with E-state index in [1.807, 2.05) is 31.2 Å². The van der Waals surface area contributed by atoms with E-state index in [0.29, 0.717) is 0 Å². The van der Waals surface area contributed by atoms with Crippen molar-refractivity contribution in [1.29, 1.82) is 0 Å². The molecule has 4 atom stereocenters. The van der Waals surface area contributed by atoms with Gasteiger partial charge >= 0.3 is 0 Å². The van der Waals surface area contributed by atoms with E-state index in [1.54, 1.807) is 12.1 Å². The summed E-state index contributed by atoms with van der Waals surface area (Å²) in [5.74, 6) is 7.30. The average molecular weight is 463 g/mol. The molecule has 2 heteroatoms. The van der Waals surface area contributed by atoms with Crippen molar-refractivity contribution in [1.82, 2.24) is 0 Å². The van der Waals surface area contributed by atoms with E-state index >= 15 is 0 Å². The van der Waals surface area contributed by atoms with Crippen molar-refractivity contribution in [3.63, 3.8) is 0 Å². The van der Waals surface area contributed by atoms with Gasteiger partial charge in [-0.25, -0.2) is 8.78 Å². The molecule has 0 N–H and O–H groups in total. The van der Waals surface area contributed by atoms with Gasteiger partial charge < -0.3 is 0 Å². The van der Waals surface area contributed by atoms with Crippen molar-refractivity contribution < 1.29 is 8.78 Å². The Morgan fingerprint density at radius 3 is 2.21 bits per heavy atom. The zero-order chi connectivity index (χ0) is 23.9. The van der Waals surface area contributed by atoms with Crippen LogP contribution in [-0.2, 0) is 0 Å². The van der Waals surface area contributed by atoms with Crippen molar-refractivity contribution in [2.24, 2.45) is 17.8 Å². The summed E-state index contributed by atoms with van der Waals surface area (Å²) < 4.78 is 29.7. The molecule has 1 unspecified atom stereocenters. The Morgan fingerprint density at radius 2 is 1.47 bits per heavy atom. The first-order valence-corrected chi connectivity index (χ1v) is 13.6. The second-order valence-corrected chi connectivity index (χ2v) is 10.9. The van der Waals surface area contributed by atoms with Gasteiger partial charge in [-0.2, -0.15) is 0 Å². The fraction of sp³-hybridized carbons (Fsp3) is 0.562. The summed E-state index contributed by atoms with van der Waals surface area (Å²) in [7, 11) is 0. The van der Waals surface area contributed by atoms with E-state index < -0.39 is 11.6 Å². The van der Waals surface area contributed by atoms with E-state index in [2.05, 4.69) is 18.8 Å². The Kier molecular flexibility index (Phi) is 8.82. The zero-order valence-corrected chi connectivity index (χ0v) is 21.0. The summed E-state index contributed by atoms with van der Waals surface area (Å²) in [6.07, 6.45) is 15.6. The van der Waals surface area contributed by atoms with Gasteiger partial charge in [0.15, 0.2) is 0 Å². The molecule has 2 aliphatic rings. The Morgan fingerprint density at radius 1 is 0.794 bits per heavy atom. The third-order valence-electron chi connectivity index (χ3n) is 8.36. The van der Waals surface area contributed by atoms with E-state index in [4.69, 9.17) is 0 Å². The summed E-state index contributed by atoms with van der Waals surface area (Å²) in [6.45, 7) is 4.28. The molecule has 2 aromatic rings. The lowest BCUT2D eigenvalue weighted by atomic mass is 9.63. The van der Waals surface area contributed by atoms with Crippen molar-refractivity contribution in [2.45, 2.75) is 96.8 Å². The highest BCUT2D eigenvalue weighted by Gasteiger charge is 2.36. The van der Waals surface area contributed by atoms with Crippen molar-refractivity contribution >= 4 is 0 Å². The van der Waals surface area contributed by atoms with Gasteiger partial charge in [0.2, 0.25) is 0 Å². The zero-order valence-electron chi connectivity index (χ0n) is 21.0. The monoisotopic (exact) mass is 462 g/mol. The van der Waals surface area contributed by atoms with Crippen LogP contribution in [0.2, 0.25) is 0 Å². The molecule has 0 saturated heterocycles. The number of aryl methyl sites for hydroxylation is 1. The van der Waals surface area contributed by atoms with Crippen LogP contribution in [0.3, 0.4) is 0 Å². The Bertz CT molecular complexity index is 971.